The van der Waals surface area contributed by atoms with E-state index in [1.807, 2.05) is 30.3 Å². The summed E-state index contributed by atoms with van der Waals surface area (Å²) in [5.41, 5.74) is 4.98. The van der Waals surface area contributed by atoms with E-state index in [1.165, 1.54) is 10.2 Å². The monoisotopic (exact) mass is 390 g/mol. The molecule has 0 N–H and O–H groups in total. The van der Waals surface area contributed by atoms with Crippen LogP contribution >= 0.6 is 0 Å². The van der Waals surface area contributed by atoms with Gasteiger partial charge >= 0.3 is 0 Å². The first-order valence-electron chi connectivity index (χ1n) is 10.1. The number of quaternary nitrogens is 1. The van der Waals surface area contributed by atoms with E-state index in [0.29, 0.717) is 0 Å². The van der Waals surface area contributed by atoms with Gasteiger partial charge in [0.25, 0.3) is 5.56 Å². The summed E-state index contributed by atoms with van der Waals surface area (Å²) in [5, 5.41) is 4.72. The van der Waals surface area contributed by atoms with Gasteiger partial charge in [-0.15, -0.1) is 0 Å². The van der Waals surface area contributed by atoms with Crippen LogP contribution in [-0.2, 0) is 12.8 Å². The Morgan fingerprint density at radius 1 is 1.03 bits per heavy atom. The molecule has 0 radical (unpaired) electrons. The maximum absolute atomic E-state index is 12.7. The second-order valence-corrected chi connectivity index (χ2v) is 8.82. The van der Waals surface area contributed by atoms with Crippen LogP contribution in [0.15, 0.2) is 59.4 Å². The Labute approximate surface area is 171 Å². The molecule has 1 heterocycles. The molecule has 2 aromatic carbocycles. The van der Waals surface area contributed by atoms with Gasteiger partial charge in [-0.3, -0.25) is 4.79 Å². The van der Waals surface area contributed by atoms with Gasteiger partial charge in [-0.2, -0.15) is 9.78 Å². The zero-order valence-corrected chi connectivity index (χ0v) is 17.6. The number of aromatic nitrogens is 2. The molecule has 3 aromatic rings. The SMILES string of the molecule is CC(C[N+](C)(C)C)Oc1ccc(-n2nc3c(cc2=O)CCc2ccccc2-3)cc1. The molecule has 1 aromatic heterocycles. The second-order valence-electron chi connectivity index (χ2n) is 8.82. The minimum Gasteiger partial charge on any atom is -0.485 e. The first-order valence-corrected chi connectivity index (χ1v) is 10.1. The molecule has 0 spiro atoms. The third-order valence-corrected chi connectivity index (χ3v) is 5.17. The van der Waals surface area contributed by atoms with E-state index in [4.69, 9.17) is 9.84 Å². The highest BCUT2D eigenvalue weighted by atomic mass is 16.5. The normalized spacial score (nSPS) is 14.1. The standard InChI is InChI=1S/C24H28N3O2/c1-17(16-27(2,3)4)29-21-13-11-20(12-14-21)26-23(28)15-19-10-9-18-7-5-6-8-22(18)24(19)25-26/h5-8,11-15,17H,9-10,16H2,1-4H3/q+1. The van der Waals surface area contributed by atoms with Crippen LogP contribution in [0.4, 0.5) is 0 Å². The van der Waals surface area contributed by atoms with Crippen LogP contribution < -0.4 is 10.3 Å². The number of nitrogens with zero attached hydrogens (tertiary/aromatic N) is 3. The van der Waals surface area contributed by atoms with Crippen molar-refractivity contribution in [3.63, 3.8) is 0 Å². The Hall–Kier alpha value is -2.92. The lowest BCUT2D eigenvalue weighted by atomic mass is 9.89. The van der Waals surface area contributed by atoms with Crippen LogP contribution in [-0.4, -0.2) is 48.1 Å². The van der Waals surface area contributed by atoms with E-state index in [-0.39, 0.29) is 11.7 Å². The van der Waals surface area contributed by atoms with Crippen molar-refractivity contribution in [3.05, 3.63) is 76.1 Å². The second kappa shape index (κ2) is 7.48. The van der Waals surface area contributed by atoms with E-state index in [1.54, 1.807) is 6.07 Å². The zero-order valence-electron chi connectivity index (χ0n) is 17.6. The molecule has 0 amide bonds. The third kappa shape index (κ3) is 4.25. The van der Waals surface area contributed by atoms with Crippen molar-refractivity contribution in [1.82, 2.24) is 9.78 Å². The molecule has 29 heavy (non-hydrogen) atoms. The molecule has 5 nitrogen and oxygen atoms in total. The summed E-state index contributed by atoms with van der Waals surface area (Å²) in [6.45, 7) is 2.98. The van der Waals surface area contributed by atoms with Gasteiger partial charge < -0.3 is 9.22 Å². The van der Waals surface area contributed by atoms with Gasteiger partial charge in [0.15, 0.2) is 0 Å². The number of ether oxygens (including phenoxy) is 1. The zero-order chi connectivity index (χ0) is 20.6. The summed E-state index contributed by atoms with van der Waals surface area (Å²) < 4.78 is 8.35. The van der Waals surface area contributed by atoms with E-state index >= 15 is 0 Å². The minimum atomic E-state index is -0.102. The fraction of sp³-hybridized carbons (Fsp3) is 0.333. The number of likely N-dealkylation sites (N-methyl/N-ethyl adjacent to an activating group) is 1. The highest BCUT2D eigenvalue weighted by Gasteiger charge is 2.19. The lowest BCUT2D eigenvalue weighted by Crippen LogP contribution is -2.42. The summed E-state index contributed by atoms with van der Waals surface area (Å²) >= 11 is 0. The lowest BCUT2D eigenvalue weighted by Gasteiger charge is -2.27. The number of aryl methyl sites for hydroxylation is 2. The smallest absolute Gasteiger partial charge is 0.271 e. The van der Waals surface area contributed by atoms with E-state index in [0.717, 1.165) is 52.1 Å². The number of hydrogen-bond donors (Lipinski definition) is 0. The van der Waals surface area contributed by atoms with Crippen LogP contribution in [0.5, 0.6) is 5.75 Å². The molecule has 1 aliphatic carbocycles. The van der Waals surface area contributed by atoms with Crippen LogP contribution in [0.3, 0.4) is 0 Å². The largest absolute Gasteiger partial charge is 0.485 e. The molecule has 0 saturated carbocycles. The van der Waals surface area contributed by atoms with Crippen molar-refractivity contribution in [1.29, 1.82) is 0 Å². The molecule has 0 aliphatic heterocycles. The average molecular weight is 391 g/mol. The highest BCUT2D eigenvalue weighted by molar-refractivity contribution is 5.69. The molecular formula is C24H28N3O2+. The number of fused-ring (bicyclic) bond motifs is 3. The van der Waals surface area contributed by atoms with Crippen LogP contribution in [0.1, 0.15) is 18.1 Å². The molecular weight excluding hydrogens is 362 g/mol. The van der Waals surface area contributed by atoms with Crippen LogP contribution in [0.2, 0.25) is 0 Å². The Morgan fingerprint density at radius 2 is 1.72 bits per heavy atom. The number of rotatable bonds is 5. The molecule has 150 valence electrons. The van der Waals surface area contributed by atoms with Gasteiger partial charge in [0.05, 0.1) is 32.5 Å². The van der Waals surface area contributed by atoms with Gasteiger partial charge in [0.1, 0.15) is 18.4 Å². The van der Waals surface area contributed by atoms with Crippen molar-refractivity contribution in [2.24, 2.45) is 0 Å². The first-order chi connectivity index (χ1) is 13.8. The van der Waals surface area contributed by atoms with Crippen molar-refractivity contribution in [2.45, 2.75) is 25.9 Å². The number of benzene rings is 2. The Balaban J connectivity index is 1.62. The lowest BCUT2D eigenvalue weighted by molar-refractivity contribution is -0.872. The topological polar surface area (TPSA) is 44.1 Å². The third-order valence-electron chi connectivity index (χ3n) is 5.17. The fourth-order valence-corrected chi connectivity index (χ4v) is 4.04. The molecule has 1 aliphatic rings. The van der Waals surface area contributed by atoms with Gasteiger partial charge in [-0.05, 0) is 55.2 Å². The fourth-order valence-electron chi connectivity index (χ4n) is 4.04. The summed E-state index contributed by atoms with van der Waals surface area (Å²) in [7, 11) is 6.44. The quantitative estimate of drug-likeness (QED) is 0.627. The predicted octanol–water partition coefficient (Wildman–Crippen LogP) is 3.47. The number of hydrogen-bond acceptors (Lipinski definition) is 3. The van der Waals surface area contributed by atoms with E-state index in [2.05, 4.69) is 46.3 Å². The van der Waals surface area contributed by atoms with Crippen LogP contribution in [0, 0.1) is 0 Å². The Bertz CT molecular complexity index is 1080. The van der Waals surface area contributed by atoms with Crippen LogP contribution in [0.25, 0.3) is 16.9 Å². The summed E-state index contributed by atoms with van der Waals surface area (Å²) in [6.07, 6.45) is 1.90. The Kier molecular flexibility index (Phi) is 5.01. The van der Waals surface area contributed by atoms with E-state index < -0.39 is 0 Å². The van der Waals surface area contributed by atoms with Gasteiger partial charge in [-0.1, -0.05) is 24.3 Å². The molecule has 4 rings (SSSR count). The van der Waals surface area contributed by atoms with Crippen molar-refractivity contribution >= 4 is 0 Å². The molecule has 1 atom stereocenters. The van der Waals surface area contributed by atoms with Gasteiger partial charge in [-0.25, -0.2) is 0 Å². The molecule has 1 unspecified atom stereocenters. The summed E-state index contributed by atoms with van der Waals surface area (Å²) in [4.78, 5) is 12.7. The molecule has 5 heteroatoms. The predicted molar refractivity (Wildman–Crippen MR) is 116 cm³/mol. The molecule has 0 bridgehead atoms. The van der Waals surface area contributed by atoms with Crippen molar-refractivity contribution in [2.75, 3.05) is 27.7 Å². The Morgan fingerprint density at radius 3 is 2.45 bits per heavy atom. The van der Waals surface area contributed by atoms with Gasteiger partial charge in [0, 0.05) is 11.6 Å². The van der Waals surface area contributed by atoms with Gasteiger partial charge in [0.2, 0.25) is 0 Å². The van der Waals surface area contributed by atoms with Crippen molar-refractivity contribution in [3.8, 4) is 22.7 Å². The summed E-state index contributed by atoms with van der Waals surface area (Å²) in [5.74, 6) is 0.797. The average Bonchev–Trinajstić information content (AvgIpc) is 2.66. The molecule has 0 fully saturated rings. The maximum Gasteiger partial charge on any atom is 0.271 e. The highest BCUT2D eigenvalue weighted by Crippen LogP contribution is 2.31. The summed E-state index contributed by atoms with van der Waals surface area (Å²) in [6, 6.07) is 17.6. The maximum atomic E-state index is 12.7. The molecule has 0 saturated heterocycles. The first kappa shape index (κ1) is 19.4. The minimum absolute atomic E-state index is 0.0990. The van der Waals surface area contributed by atoms with E-state index in [9.17, 15) is 4.79 Å². The van der Waals surface area contributed by atoms with Crippen molar-refractivity contribution < 1.29 is 9.22 Å².